The van der Waals surface area contributed by atoms with E-state index in [4.69, 9.17) is 14.6 Å². The molecule has 1 fully saturated rings. The number of hydrogen-bond acceptors (Lipinski definition) is 5. The quantitative estimate of drug-likeness (QED) is 0.360. The molecule has 0 radical (unpaired) electrons. The summed E-state index contributed by atoms with van der Waals surface area (Å²) in [7, 11) is 0. The Hall–Kier alpha value is -0.480. The normalized spacial score (nSPS) is 20.2. The van der Waals surface area contributed by atoms with Crippen molar-refractivity contribution in [2.75, 3.05) is 39.6 Å². The minimum Gasteiger partial charge on any atom is -0.387 e. The Kier molecular flexibility index (Phi) is 5.73. The summed E-state index contributed by atoms with van der Waals surface area (Å²) in [4.78, 5) is 0. The van der Waals surface area contributed by atoms with Crippen molar-refractivity contribution in [3.05, 3.63) is 0 Å². The molecule has 18 heavy (non-hydrogen) atoms. The monoisotopic (exact) mass is 278 g/mol. The van der Waals surface area contributed by atoms with Crippen molar-refractivity contribution in [1.82, 2.24) is 0 Å². The third-order valence-corrected chi connectivity index (χ3v) is 1.83. The summed E-state index contributed by atoms with van der Waals surface area (Å²) in [5, 5.41) is 8.08. The van der Waals surface area contributed by atoms with Crippen LogP contribution in [0.4, 0.5) is 17.6 Å². The smallest absolute Gasteiger partial charge is 0.383 e. The molecule has 0 aromatic carbocycles. The Morgan fingerprint density at radius 3 is 2.28 bits per heavy atom. The first-order valence-corrected chi connectivity index (χ1v) is 5.18. The summed E-state index contributed by atoms with van der Waals surface area (Å²) in [6, 6.07) is 0. The standard InChI is InChI=1S/C9H14F4O5/c10-8(11,5-14)18-9(12,13)6-16-2-1-15-3-7-4-17-7/h7,14H,1-6H2. The minimum absolute atomic E-state index is 0.0479. The first-order valence-electron chi connectivity index (χ1n) is 5.18. The lowest BCUT2D eigenvalue weighted by molar-refractivity contribution is -0.391. The van der Waals surface area contributed by atoms with Gasteiger partial charge in [-0.3, -0.25) is 4.74 Å². The van der Waals surface area contributed by atoms with Crippen LogP contribution in [0.1, 0.15) is 0 Å². The van der Waals surface area contributed by atoms with E-state index in [9.17, 15) is 17.6 Å². The van der Waals surface area contributed by atoms with E-state index in [1.807, 2.05) is 0 Å². The first kappa shape index (κ1) is 15.6. The molecule has 0 aliphatic carbocycles. The fourth-order valence-corrected chi connectivity index (χ4v) is 0.968. The van der Waals surface area contributed by atoms with Crippen LogP contribution < -0.4 is 0 Å². The zero-order valence-corrected chi connectivity index (χ0v) is 9.41. The number of hydrogen-bond donors (Lipinski definition) is 1. The van der Waals surface area contributed by atoms with Gasteiger partial charge in [0.15, 0.2) is 0 Å². The van der Waals surface area contributed by atoms with Gasteiger partial charge >= 0.3 is 12.2 Å². The highest BCUT2D eigenvalue weighted by molar-refractivity contribution is 4.67. The van der Waals surface area contributed by atoms with E-state index in [-0.39, 0.29) is 19.3 Å². The van der Waals surface area contributed by atoms with Gasteiger partial charge in [0.1, 0.15) is 19.3 Å². The fourth-order valence-electron chi connectivity index (χ4n) is 0.968. The molecule has 0 spiro atoms. The van der Waals surface area contributed by atoms with Gasteiger partial charge in [0.05, 0.1) is 26.4 Å². The summed E-state index contributed by atoms with van der Waals surface area (Å²) < 4.78 is 67.5. The lowest BCUT2D eigenvalue weighted by atomic mass is 10.5. The van der Waals surface area contributed by atoms with Crippen molar-refractivity contribution >= 4 is 0 Å². The summed E-state index contributed by atoms with van der Waals surface area (Å²) in [6.45, 7) is -2.34. The number of epoxide rings is 1. The average molecular weight is 278 g/mol. The molecule has 9 heteroatoms. The highest BCUT2D eigenvalue weighted by Gasteiger charge is 2.43. The van der Waals surface area contributed by atoms with E-state index in [2.05, 4.69) is 9.47 Å². The molecule has 0 bridgehead atoms. The van der Waals surface area contributed by atoms with Gasteiger partial charge in [-0.05, 0) is 0 Å². The molecule has 0 aromatic heterocycles. The Bertz CT molecular complexity index is 247. The zero-order chi connectivity index (χ0) is 13.6. The summed E-state index contributed by atoms with van der Waals surface area (Å²) in [5.41, 5.74) is 0. The third kappa shape index (κ3) is 7.07. The second kappa shape index (κ2) is 6.62. The molecule has 0 amide bonds. The van der Waals surface area contributed by atoms with Gasteiger partial charge in [-0.1, -0.05) is 0 Å². The molecule has 1 N–H and O–H groups in total. The molecule has 1 aliphatic heterocycles. The van der Waals surface area contributed by atoms with Crippen LogP contribution in [0, 0.1) is 0 Å². The second-order valence-corrected chi connectivity index (χ2v) is 3.62. The molecule has 1 rings (SSSR count). The topological polar surface area (TPSA) is 60.5 Å². The predicted octanol–water partition coefficient (Wildman–Crippen LogP) is 0.613. The number of rotatable bonds is 10. The molecule has 0 aromatic rings. The van der Waals surface area contributed by atoms with Crippen molar-refractivity contribution in [2.45, 2.75) is 18.3 Å². The van der Waals surface area contributed by atoms with Gasteiger partial charge in [0, 0.05) is 0 Å². The van der Waals surface area contributed by atoms with E-state index in [0.29, 0.717) is 13.2 Å². The maximum atomic E-state index is 12.8. The predicted molar refractivity (Wildman–Crippen MR) is 49.4 cm³/mol. The Morgan fingerprint density at radius 2 is 1.72 bits per heavy atom. The molecule has 108 valence electrons. The van der Waals surface area contributed by atoms with Gasteiger partial charge < -0.3 is 19.3 Å². The Balaban J connectivity index is 2.04. The van der Waals surface area contributed by atoms with E-state index in [0.717, 1.165) is 0 Å². The van der Waals surface area contributed by atoms with Crippen LogP contribution in [0.2, 0.25) is 0 Å². The van der Waals surface area contributed by atoms with Crippen LogP contribution in [-0.2, 0) is 18.9 Å². The van der Waals surface area contributed by atoms with Gasteiger partial charge in [0.2, 0.25) is 0 Å². The number of aliphatic hydroxyl groups is 1. The second-order valence-electron chi connectivity index (χ2n) is 3.62. The number of halogens is 4. The van der Waals surface area contributed by atoms with Gasteiger partial charge in [-0.15, -0.1) is 0 Å². The highest BCUT2D eigenvalue weighted by Crippen LogP contribution is 2.26. The molecule has 1 aliphatic rings. The van der Waals surface area contributed by atoms with Crippen LogP contribution in [0.15, 0.2) is 0 Å². The molecule has 5 nitrogen and oxygen atoms in total. The molecular weight excluding hydrogens is 264 g/mol. The molecule has 1 atom stereocenters. The molecular formula is C9H14F4O5. The highest BCUT2D eigenvalue weighted by atomic mass is 19.3. The van der Waals surface area contributed by atoms with E-state index < -0.39 is 25.4 Å². The van der Waals surface area contributed by atoms with Crippen LogP contribution in [0.25, 0.3) is 0 Å². The SMILES string of the molecule is OCC(F)(F)OC(F)(F)COCCOCC1CO1. The molecule has 1 saturated heterocycles. The van der Waals surface area contributed by atoms with Crippen LogP contribution in [-0.4, -0.2) is 63.1 Å². The largest absolute Gasteiger partial charge is 0.387 e. The average Bonchev–Trinajstić information content (AvgIpc) is 3.05. The van der Waals surface area contributed by atoms with Gasteiger partial charge in [-0.25, -0.2) is 0 Å². The van der Waals surface area contributed by atoms with Crippen molar-refractivity contribution < 1.29 is 41.6 Å². The first-order chi connectivity index (χ1) is 8.35. The van der Waals surface area contributed by atoms with Crippen molar-refractivity contribution in [2.24, 2.45) is 0 Å². The number of alkyl halides is 4. The van der Waals surface area contributed by atoms with Crippen molar-refractivity contribution in [1.29, 1.82) is 0 Å². The Labute approximate surface area is 101 Å². The molecule has 1 heterocycles. The summed E-state index contributed by atoms with van der Waals surface area (Å²) >= 11 is 0. The number of ether oxygens (including phenoxy) is 4. The zero-order valence-electron chi connectivity index (χ0n) is 9.41. The van der Waals surface area contributed by atoms with Crippen molar-refractivity contribution in [3.8, 4) is 0 Å². The van der Waals surface area contributed by atoms with E-state index in [1.165, 1.54) is 0 Å². The minimum atomic E-state index is -4.30. The van der Waals surface area contributed by atoms with E-state index in [1.54, 1.807) is 0 Å². The van der Waals surface area contributed by atoms with Gasteiger partial charge in [-0.2, -0.15) is 17.6 Å². The summed E-state index contributed by atoms with van der Waals surface area (Å²) in [6.07, 6.45) is -8.42. The Morgan fingerprint density at radius 1 is 1.11 bits per heavy atom. The molecule has 0 saturated carbocycles. The maximum absolute atomic E-state index is 12.8. The third-order valence-electron chi connectivity index (χ3n) is 1.83. The van der Waals surface area contributed by atoms with Crippen molar-refractivity contribution in [3.63, 3.8) is 0 Å². The summed E-state index contributed by atoms with van der Waals surface area (Å²) in [5.74, 6) is 0. The lowest BCUT2D eigenvalue weighted by Crippen LogP contribution is -2.39. The fraction of sp³-hybridized carbons (Fsp3) is 1.00. The van der Waals surface area contributed by atoms with E-state index >= 15 is 0 Å². The number of aliphatic hydroxyl groups excluding tert-OH is 1. The van der Waals surface area contributed by atoms with Crippen LogP contribution in [0.5, 0.6) is 0 Å². The maximum Gasteiger partial charge on any atom is 0.383 e. The molecule has 1 unspecified atom stereocenters. The van der Waals surface area contributed by atoms with Crippen LogP contribution >= 0.6 is 0 Å². The van der Waals surface area contributed by atoms with Crippen LogP contribution in [0.3, 0.4) is 0 Å². The van der Waals surface area contributed by atoms with Gasteiger partial charge in [0.25, 0.3) is 0 Å². The lowest BCUT2D eigenvalue weighted by Gasteiger charge is -2.22.